The number of unbranched alkanes of at least 4 members (excludes halogenated alkanes) is 2. The van der Waals surface area contributed by atoms with Crippen LogP contribution in [0.25, 0.3) is 0 Å². The van der Waals surface area contributed by atoms with Crippen molar-refractivity contribution in [1.82, 2.24) is 4.90 Å². The van der Waals surface area contributed by atoms with Crippen LogP contribution >= 0.6 is 0 Å². The number of nitrogens with zero attached hydrogens (tertiary/aromatic N) is 1. The van der Waals surface area contributed by atoms with E-state index in [0.717, 1.165) is 30.4 Å². The normalized spacial score (nSPS) is 17.4. The van der Waals surface area contributed by atoms with Crippen molar-refractivity contribution in [3.8, 4) is 0 Å². The van der Waals surface area contributed by atoms with E-state index in [1.165, 1.54) is 4.90 Å². The van der Waals surface area contributed by atoms with Gasteiger partial charge in [-0.15, -0.1) is 0 Å². The molecule has 0 spiro atoms. The Labute approximate surface area is 124 Å². The van der Waals surface area contributed by atoms with Gasteiger partial charge in [-0.3, -0.25) is 4.79 Å². The molecule has 0 saturated carbocycles. The lowest BCUT2D eigenvalue weighted by atomic mass is 9.93. The largest absolute Gasteiger partial charge is 0.480 e. The van der Waals surface area contributed by atoms with Gasteiger partial charge in [-0.05, 0) is 30.5 Å². The van der Waals surface area contributed by atoms with Gasteiger partial charge in [0, 0.05) is 19.4 Å². The minimum absolute atomic E-state index is 0.0751. The highest BCUT2D eigenvalue weighted by atomic mass is 16.4. The lowest BCUT2D eigenvalue weighted by Gasteiger charge is -2.34. The number of hydrogen-bond donors (Lipinski definition) is 2. The van der Waals surface area contributed by atoms with Gasteiger partial charge in [0.15, 0.2) is 0 Å². The Bertz CT molecular complexity index is 516. The van der Waals surface area contributed by atoms with Gasteiger partial charge >= 0.3 is 5.97 Å². The molecular weight excluding hydrogens is 268 g/mol. The van der Waals surface area contributed by atoms with E-state index in [9.17, 15) is 14.7 Å². The van der Waals surface area contributed by atoms with Crippen molar-refractivity contribution in [2.45, 2.75) is 44.7 Å². The second-order valence-corrected chi connectivity index (χ2v) is 5.45. The van der Waals surface area contributed by atoms with Crippen LogP contribution in [0.2, 0.25) is 0 Å². The fourth-order valence-electron chi connectivity index (χ4n) is 2.75. The lowest BCUT2D eigenvalue weighted by molar-refractivity contribution is -0.151. The number of rotatable bonds is 6. The van der Waals surface area contributed by atoms with Gasteiger partial charge in [0.2, 0.25) is 5.91 Å². The monoisotopic (exact) mass is 290 g/mol. The van der Waals surface area contributed by atoms with Crippen LogP contribution in [0.1, 0.15) is 36.8 Å². The number of fused-ring (bicyclic) bond motifs is 1. The van der Waals surface area contributed by atoms with Crippen molar-refractivity contribution in [3.63, 3.8) is 0 Å². The zero-order chi connectivity index (χ0) is 15.2. The maximum absolute atomic E-state index is 12.3. The minimum Gasteiger partial charge on any atom is -0.480 e. The SMILES string of the molecule is NCCCCCC(=O)N1Cc2ccccc2C[C@H]1C(=O)O. The quantitative estimate of drug-likeness (QED) is 0.778. The summed E-state index contributed by atoms with van der Waals surface area (Å²) in [7, 11) is 0. The van der Waals surface area contributed by atoms with Crippen molar-refractivity contribution >= 4 is 11.9 Å². The average Bonchev–Trinajstić information content (AvgIpc) is 2.50. The third-order valence-electron chi connectivity index (χ3n) is 3.95. The fraction of sp³-hybridized carbons (Fsp3) is 0.500. The number of aliphatic carboxylic acids is 1. The van der Waals surface area contributed by atoms with Crippen LogP contribution < -0.4 is 5.73 Å². The maximum Gasteiger partial charge on any atom is 0.326 e. The highest BCUT2D eigenvalue weighted by Gasteiger charge is 2.33. The van der Waals surface area contributed by atoms with Gasteiger partial charge in [-0.1, -0.05) is 30.7 Å². The van der Waals surface area contributed by atoms with Gasteiger partial charge in [-0.25, -0.2) is 4.79 Å². The summed E-state index contributed by atoms with van der Waals surface area (Å²) < 4.78 is 0. The van der Waals surface area contributed by atoms with Crippen molar-refractivity contribution in [1.29, 1.82) is 0 Å². The van der Waals surface area contributed by atoms with Gasteiger partial charge < -0.3 is 15.7 Å². The van der Waals surface area contributed by atoms with Crippen LogP contribution in [-0.4, -0.2) is 34.5 Å². The topological polar surface area (TPSA) is 83.6 Å². The number of amides is 1. The predicted molar refractivity (Wildman–Crippen MR) is 79.6 cm³/mol. The average molecular weight is 290 g/mol. The predicted octanol–water partition coefficient (Wildman–Crippen LogP) is 1.54. The Balaban J connectivity index is 2.06. The summed E-state index contributed by atoms with van der Waals surface area (Å²) in [6.45, 7) is 1.02. The van der Waals surface area contributed by atoms with Crippen LogP contribution in [0.5, 0.6) is 0 Å². The van der Waals surface area contributed by atoms with E-state index in [4.69, 9.17) is 5.73 Å². The first-order valence-corrected chi connectivity index (χ1v) is 7.42. The summed E-state index contributed by atoms with van der Waals surface area (Å²) in [5, 5.41) is 9.38. The number of carbonyl (C=O) groups excluding carboxylic acids is 1. The second-order valence-electron chi connectivity index (χ2n) is 5.45. The summed E-state index contributed by atoms with van der Waals surface area (Å²) in [6, 6.07) is 6.98. The van der Waals surface area contributed by atoms with E-state index >= 15 is 0 Å². The molecule has 21 heavy (non-hydrogen) atoms. The van der Waals surface area contributed by atoms with E-state index < -0.39 is 12.0 Å². The van der Waals surface area contributed by atoms with Crippen LogP contribution in [0.3, 0.4) is 0 Å². The zero-order valence-electron chi connectivity index (χ0n) is 12.1. The molecule has 1 amide bonds. The van der Waals surface area contributed by atoms with Gasteiger partial charge in [0.25, 0.3) is 0 Å². The number of nitrogens with two attached hydrogens (primary N) is 1. The van der Waals surface area contributed by atoms with Crippen molar-refractivity contribution in [2.24, 2.45) is 5.73 Å². The van der Waals surface area contributed by atoms with E-state index in [1.807, 2.05) is 24.3 Å². The fourth-order valence-corrected chi connectivity index (χ4v) is 2.75. The molecule has 1 aliphatic heterocycles. The van der Waals surface area contributed by atoms with Crippen molar-refractivity contribution < 1.29 is 14.7 Å². The molecule has 1 aromatic carbocycles. The van der Waals surface area contributed by atoms with E-state index in [-0.39, 0.29) is 5.91 Å². The Morgan fingerprint density at radius 2 is 1.90 bits per heavy atom. The van der Waals surface area contributed by atoms with Crippen molar-refractivity contribution in [3.05, 3.63) is 35.4 Å². The molecule has 2 rings (SSSR count). The molecule has 1 atom stereocenters. The first-order chi connectivity index (χ1) is 10.1. The standard InChI is InChI=1S/C16H22N2O3/c17-9-5-1-2-8-15(19)18-11-13-7-4-3-6-12(13)10-14(18)16(20)21/h3-4,6-7,14H,1-2,5,8-11,17H2,(H,20,21)/t14-/m0/s1. The number of carbonyl (C=O) groups is 2. The molecule has 5 heteroatoms. The molecule has 1 aliphatic rings. The number of carboxylic acids is 1. The van der Waals surface area contributed by atoms with E-state index in [1.54, 1.807) is 0 Å². The minimum atomic E-state index is -0.931. The summed E-state index contributed by atoms with van der Waals surface area (Å²) in [4.78, 5) is 25.3. The lowest BCUT2D eigenvalue weighted by Crippen LogP contribution is -2.48. The van der Waals surface area contributed by atoms with Crippen LogP contribution in [0.15, 0.2) is 24.3 Å². The molecule has 0 aliphatic carbocycles. The molecule has 1 heterocycles. The number of benzene rings is 1. The molecular formula is C16H22N2O3. The summed E-state index contributed by atoms with van der Waals surface area (Å²) in [5.41, 5.74) is 7.50. The maximum atomic E-state index is 12.3. The van der Waals surface area contributed by atoms with Crippen LogP contribution in [-0.2, 0) is 22.6 Å². The first-order valence-electron chi connectivity index (χ1n) is 7.42. The summed E-state index contributed by atoms with van der Waals surface area (Å²) in [5.74, 6) is -1.01. The van der Waals surface area contributed by atoms with Crippen LogP contribution in [0.4, 0.5) is 0 Å². The Morgan fingerprint density at radius 1 is 1.19 bits per heavy atom. The first kappa shape index (κ1) is 15.5. The summed E-state index contributed by atoms with van der Waals surface area (Å²) >= 11 is 0. The van der Waals surface area contributed by atoms with Gasteiger partial charge in [0.05, 0.1) is 0 Å². The summed E-state index contributed by atoms with van der Waals surface area (Å²) in [6.07, 6.45) is 3.36. The highest BCUT2D eigenvalue weighted by molar-refractivity contribution is 5.84. The molecule has 114 valence electrons. The molecule has 0 bridgehead atoms. The second kappa shape index (κ2) is 7.22. The smallest absolute Gasteiger partial charge is 0.326 e. The Hall–Kier alpha value is -1.88. The molecule has 0 aromatic heterocycles. The molecule has 0 unspecified atom stereocenters. The van der Waals surface area contributed by atoms with E-state index in [2.05, 4.69) is 0 Å². The Kier molecular flexibility index (Phi) is 5.33. The molecule has 0 fully saturated rings. The van der Waals surface area contributed by atoms with Gasteiger partial charge in [-0.2, -0.15) is 0 Å². The third-order valence-corrected chi connectivity index (χ3v) is 3.95. The number of hydrogen-bond acceptors (Lipinski definition) is 3. The van der Waals surface area contributed by atoms with Crippen molar-refractivity contribution in [2.75, 3.05) is 6.54 Å². The number of carboxylic acid groups (broad SMARTS) is 1. The molecule has 0 saturated heterocycles. The highest BCUT2D eigenvalue weighted by Crippen LogP contribution is 2.24. The molecule has 0 radical (unpaired) electrons. The third kappa shape index (κ3) is 3.82. The molecule has 1 aromatic rings. The van der Waals surface area contributed by atoms with E-state index in [0.29, 0.717) is 25.9 Å². The van der Waals surface area contributed by atoms with Crippen LogP contribution in [0, 0.1) is 0 Å². The molecule has 3 N–H and O–H groups in total. The Morgan fingerprint density at radius 3 is 2.57 bits per heavy atom. The van der Waals surface area contributed by atoms with Gasteiger partial charge in [0.1, 0.15) is 6.04 Å². The zero-order valence-corrected chi connectivity index (χ0v) is 12.1. The molecule has 5 nitrogen and oxygen atoms in total.